The molecule has 3 nitrogen and oxygen atoms in total. The number of anilines is 1. The third-order valence-electron chi connectivity index (χ3n) is 3.15. The molecule has 106 valence electrons. The minimum absolute atomic E-state index is 0.244. The predicted octanol–water partition coefficient (Wildman–Crippen LogP) is 3.90. The first kappa shape index (κ1) is 13.4. The molecule has 0 spiro atoms. The van der Waals surface area contributed by atoms with Crippen LogP contribution in [0.25, 0.3) is 22.0 Å². The van der Waals surface area contributed by atoms with E-state index >= 15 is 0 Å². The minimum Gasteiger partial charge on any atom is -0.383 e. The van der Waals surface area contributed by atoms with Crippen LogP contribution in [0.1, 0.15) is 5.56 Å². The summed E-state index contributed by atoms with van der Waals surface area (Å²) in [6.07, 6.45) is -1.21. The molecule has 0 radical (unpaired) electrons. The van der Waals surface area contributed by atoms with Gasteiger partial charge in [-0.05, 0) is 29.7 Å². The number of aromatic nitrogens is 2. The zero-order valence-electron chi connectivity index (χ0n) is 10.7. The van der Waals surface area contributed by atoms with Crippen molar-refractivity contribution < 1.29 is 13.2 Å². The van der Waals surface area contributed by atoms with Gasteiger partial charge in [0.05, 0.1) is 11.3 Å². The number of hydrogen-bond acceptors (Lipinski definition) is 3. The number of halogens is 3. The summed E-state index contributed by atoms with van der Waals surface area (Å²) in [4.78, 5) is 8.12. The Bertz CT molecular complexity index is 813. The summed E-state index contributed by atoms with van der Waals surface area (Å²) >= 11 is 0. The molecular formula is C15H10F3N3. The smallest absolute Gasteiger partial charge is 0.383 e. The summed E-state index contributed by atoms with van der Waals surface area (Å²) in [7, 11) is 0. The van der Waals surface area contributed by atoms with E-state index in [0.717, 1.165) is 17.5 Å². The number of fused-ring (bicyclic) bond motifs is 1. The van der Waals surface area contributed by atoms with Crippen molar-refractivity contribution in [2.24, 2.45) is 0 Å². The number of nitrogens with zero attached hydrogens (tertiary/aromatic N) is 2. The van der Waals surface area contributed by atoms with E-state index in [9.17, 15) is 13.2 Å². The zero-order chi connectivity index (χ0) is 15.0. The van der Waals surface area contributed by atoms with Crippen LogP contribution >= 0.6 is 0 Å². The average molecular weight is 289 g/mol. The molecule has 6 heteroatoms. The highest BCUT2D eigenvalue weighted by Gasteiger charge is 2.30. The van der Waals surface area contributed by atoms with Crippen LogP contribution in [0.2, 0.25) is 0 Å². The number of alkyl halides is 3. The molecule has 0 aliphatic rings. The molecule has 0 atom stereocenters. The summed E-state index contributed by atoms with van der Waals surface area (Å²) in [6, 6.07) is 8.46. The topological polar surface area (TPSA) is 51.8 Å². The van der Waals surface area contributed by atoms with Crippen molar-refractivity contribution >= 4 is 16.6 Å². The van der Waals surface area contributed by atoms with E-state index < -0.39 is 11.7 Å². The maximum atomic E-state index is 12.8. The van der Waals surface area contributed by atoms with Gasteiger partial charge in [0.15, 0.2) is 0 Å². The van der Waals surface area contributed by atoms with Crippen molar-refractivity contribution in [1.29, 1.82) is 0 Å². The largest absolute Gasteiger partial charge is 0.416 e. The van der Waals surface area contributed by atoms with Crippen molar-refractivity contribution in [3.63, 3.8) is 0 Å². The van der Waals surface area contributed by atoms with Gasteiger partial charge < -0.3 is 5.73 Å². The number of benzene rings is 1. The molecule has 1 aromatic carbocycles. The third kappa shape index (κ3) is 2.52. The highest BCUT2D eigenvalue weighted by atomic mass is 19.4. The molecule has 21 heavy (non-hydrogen) atoms. The van der Waals surface area contributed by atoms with E-state index in [1.54, 1.807) is 30.6 Å². The fourth-order valence-corrected chi connectivity index (χ4v) is 2.12. The van der Waals surface area contributed by atoms with Crippen molar-refractivity contribution in [3.05, 3.63) is 54.4 Å². The first-order valence-corrected chi connectivity index (χ1v) is 6.13. The molecule has 3 aromatic rings. The van der Waals surface area contributed by atoms with E-state index in [2.05, 4.69) is 9.97 Å². The molecule has 0 unspecified atom stereocenters. The SMILES string of the molecule is Nc1nc(-c2cccc(C(F)(F)F)c2)cc2ccncc12. The third-order valence-corrected chi connectivity index (χ3v) is 3.15. The molecule has 0 saturated heterocycles. The number of nitrogens with two attached hydrogens (primary N) is 1. The summed E-state index contributed by atoms with van der Waals surface area (Å²) in [5.41, 5.74) is 5.90. The van der Waals surface area contributed by atoms with Gasteiger partial charge in [0, 0.05) is 23.3 Å². The van der Waals surface area contributed by atoms with Gasteiger partial charge in [-0.3, -0.25) is 4.98 Å². The monoisotopic (exact) mass is 289 g/mol. The minimum atomic E-state index is -4.39. The molecule has 2 aromatic heterocycles. The maximum absolute atomic E-state index is 12.8. The van der Waals surface area contributed by atoms with Crippen molar-refractivity contribution in [2.45, 2.75) is 6.18 Å². The summed E-state index contributed by atoms with van der Waals surface area (Å²) in [6.45, 7) is 0. The second-order valence-electron chi connectivity index (χ2n) is 4.57. The van der Waals surface area contributed by atoms with Crippen LogP contribution in [0.3, 0.4) is 0 Å². The summed E-state index contributed by atoms with van der Waals surface area (Å²) < 4.78 is 38.3. The Morgan fingerprint density at radius 3 is 2.62 bits per heavy atom. The normalized spacial score (nSPS) is 11.8. The lowest BCUT2D eigenvalue weighted by Gasteiger charge is -2.10. The molecule has 2 heterocycles. The van der Waals surface area contributed by atoms with Gasteiger partial charge in [0.1, 0.15) is 5.82 Å². The fourth-order valence-electron chi connectivity index (χ4n) is 2.12. The van der Waals surface area contributed by atoms with Gasteiger partial charge in [-0.2, -0.15) is 13.2 Å². The first-order chi connectivity index (χ1) is 9.95. The Hall–Kier alpha value is -2.63. The Morgan fingerprint density at radius 1 is 1.05 bits per heavy atom. The van der Waals surface area contributed by atoms with Gasteiger partial charge in [-0.25, -0.2) is 4.98 Å². The van der Waals surface area contributed by atoms with Crippen LogP contribution in [0.4, 0.5) is 19.0 Å². The van der Waals surface area contributed by atoms with Gasteiger partial charge in [-0.15, -0.1) is 0 Å². The number of nitrogen functional groups attached to an aromatic ring is 1. The van der Waals surface area contributed by atoms with Gasteiger partial charge in [-0.1, -0.05) is 12.1 Å². The Labute approximate surface area is 118 Å². The predicted molar refractivity (Wildman–Crippen MR) is 74.4 cm³/mol. The molecule has 0 fully saturated rings. The molecular weight excluding hydrogens is 279 g/mol. The molecule has 2 N–H and O–H groups in total. The lowest BCUT2D eigenvalue weighted by molar-refractivity contribution is -0.137. The molecule has 0 amide bonds. The summed E-state index contributed by atoms with van der Waals surface area (Å²) in [5, 5.41) is 1.46. The van der Waals surface area contributed by atoms with Crippen LogP contribution in [0.5, 0.6) is 0 Å². The van der Waals surface area contributed by atoms with Crippen LogP contribution in [0.15, 0.2) is 48.8 Å². The van der Waals surface area contributed by atoms with Crippen LogP contribution in [0, 0.1) is 0 Å². The first-order valence-electron chi connectivity index (χ1n) is 6.13. The van der Waals surface area contributed by atoms with Crippen molar-refractivity contribution in [1.82, 2.24) is 9.97 Å². The zero-order valence-corrected chi connectivity index (χ0v) is 10.7. The quantitative estimate of drug-likeness (QED) is 0.739. The van der Waals surface area contributed by atoms with Gasteiger partial charge in [0.2, 0.25) is 0 Å². The number of rotatable bonds is 1. The lowest BCUT2D eigenvalue weighted by Crippen LogP contribution is -2.04. The Balaban J connectivity index is 2.17. The van der Waals surface area contributed by atoms with Crippen molar-refractivity contribution in [2.75, 3.05) is 5.73 Å². The van der Waals surface area contributed by atoms with Gasteiger partial charge in [0.25, 0.3) is 0 Å². The summed E-state index contributed by atoms with van der Waals surface area (Å²) in [5.74, 6) is 0.244. The Kier molecular flexibility index (Phi) is 3.01. The van der Waals surface area contributed by atoms with E-state index in [1.807, 2.05) is 0 Å². The average Bonchev–Trinajstić information content (AvgIpc) is 2.46. The van der Waals surface area contributed by atoms with E-state index in [1.165, 1.54) is 6.07 Å². The van der Waals surface area contributed by atoms with E-state index in [0.29, 0.717) is 16.6 Å². The highest BCUT2D eigenvalue weighted by Crippen LogP contribution is 2.32. The lowest BCUT2D eigenvalue weighted by atomic mass is 10.1. The second-order valence-corrected chi connectivity index (χ2v) is 4.57. The molecule has 0 aliphatic heterocycles. The van der Waals surface area contributed by atoms with Crippen molar-refractivity contribution in [3.8, 4) is 11.3 Å². The molecule has 0 bridgehead atoms. The molecule has 0 aliphatic carbocycles. The fraction of sp³-hybridized carbons (Fsp3) is 0.0667. The standard InChI is InChI=1S/C15H10F3N3/c16-15(17,18)11-3-1-2-10(6-11)13-7-9-4-5-20-8-12(9)14(19)21-13/h1-8H,(H2,19,21). The van der Waals surface area contributed by atoms with Crippen LogP contribution < -0.4 is 5.73 Å². The van der Waals surface area contributed by atoms with Gasteiger partial charge >= 0.3 is 6.18 Å². The highest BCUT2D eigenvalue weighted by molar-refractivity contribution is 5.92. The second kappa shape index (κ2) is 4.73. The van der Waals surface area contributed by atoms with E-state index in [-0.39, 0.29) is 5.82 Å². The maximum Gasteiger partial charge on any atom is 0.416 e. The van der Waals surface area contributed by atoms with Crippen LogP contribution in [-0.4, -0.2) is 9.97 Å². The number of pyridine rings is 2. The Morgan fingerprint density at radius 2 is 1.86 bits per heavy atom. The molecule has 0 saturated carbocycles. The number of hydrogen-bond donors (Lipinski definition) is 1. The van der Waals surface area contributed by atoms with E-state index in [4.69, 9.17) is 5.73 Å². The molecule has 3 rings (SSSR count). The van der Waals surface area contributed by atoms with Crippen LogP contribution in [-0.2, 0) is 6.18 Å².